The van der Waals surface area contributed by atoms with Crippen molar-refractivity contribution < 1.29 is 23.1 Å². The van der Waals surface area contributed by atoms with Crippen molar-refractivity contribution >= 4 is 33.4 Å². The van der Waals surface area contributed by atoms with E-state index in [2.05, 4.69) is 31.3 Å². The number of ether oxygens (including phenoxy) is 1. The molecule has 5 nitrogen and oxygen atoms in total. The molecule has 0 fully saturated rings. The standard InChI is InChI=1S/C23H19BrF2N2O3/c24-19-7-3-1-5-17(19)22(30)28-20-8-4-2-6-18(20)21(29)27-14-13-15-9-11-16(12-10-15)31-23(25)26/h1-12,23H,13-14H2,(H,27,29)(H,28,30). The number of benzene rings is 3. The van der Waals surface area contributed by atoms with Crippen LogP contribution in [0.15, 0.2) is 77.3 Å². The van der Waals surface area contributed by atoms with Crippen molar-refractivity contribution in [2.45, 2.75) is 13.0 Å². The van der Waals surface area contributed by atoms with Crippen molar-refractivity contribution in [2.75, 3.05) is 11.9 Å². The lowest BCUT2D eigenvalue weighted by Crippen LogP contribution is -2.27. The van der Waals surface area contributed by atoms with Gasteiger partial charge in [0.2, 0.25) is 0 Å². The van der Waals surface area contributed by atoms with Crippen LogP contribution in [0.25, 0.3) is 0 Å². The Kier molecular flexibility index (Phi) is 7.72. The van der Waals surface area contributed by atoms with Crippen LogP contribution in [0.2, 0.25) is 0 Å². The summed E-state index contributed by atoms with van der Waals surface area (Å²) in [4.78, 5) is 25.2. The molecule has 160 valence electrons. The second kappa shape index (κ2) is 10.7. The molecule has 3 rings (SSSR count). The summed E-state index contributed by atoms with van der Waals surface area (Å²) in [5.74, 6) is -0.586. The number of amides is 2. The first-order valence-corrected chi connectivity index (χ1v) is 10.2. The van der Waals surface area contributed by atoms with Gasteiger partial charge in [0.25, 0.3) is 11.8 Å². The predicted octanol–water partition coefficient (Wildman–Crippen LogP) is 5.28. The molecule has 2 N–H and O–H groups in total. The number of hydrogen-bond acceptors (Lipinski definition) is 3. The summed E-state index contributed by atoms with van der Waals surface area (Å²) in [6.07, 6.45) is 0.506. The van der Waals surface area contributed by atoms with Crippen molar-refractivity contribution in [3.63, 3.8) is 0 Å². The molecule has 0 heterocycles. The summed E-state index contributed by atoms with van der Waals surface area (Å²) >= 11 is 3.35. The Bertz CT molecular complexity index is 1060. The second-order valence-corrected chi connectivity index (χ2v) is 7.36. The summed E-state index contributed by atoms with van der Waals surface area (Å²) in [5, 5.41) is 5.58. The van der Waals surface area contributed by atoms with Crippen LogP contribution >= 0.6 is 15.9 Å². The maximum Gasteiger partial charge on any atom is 0.387 e. The fourth-order valence-electron chi connectivity index (χ4n) is 2.88. The molecular formula is C23H19BrF2N2O3. The van der Waals surface area contributed by atoms with Gasteiger partial charge in [0.1, 0.15) is 5.75 Å². The number of hydrogen-bond donors (Lipinski definition) is 2. The van der Waals surface area contributed by atoms with Crippen molar-refractivity contribution in [3.8, 4) is 5.75 Å². The largest absolute Gasteiger partial charge is 0.435 e. The average molecular weight is 489 g/mol. The number of nitrogens with one attached hydrogen (secondary N) is 2. The molecule has 8 heteroatoms. The van der Waals surface area contributed by atoms with Gasteiger partial charge in [-0.3, -0.25) is 9.59 Å². The number of alkyl halides is 2. The van der Waals surface area contributed by atoms with E-state index in [-0.39, 0.29) is 17.6 Å². The van der Waals surface area contributed by atoms with E-state index in [0.717, 1.165) is 5.56 Å². The Morgan fingerprint density at radius 1 is 0.871 bits per heavy atom. The van der Waals surface area contributed by atoms with Crippen LogP contribution in [0.5, 0.6) is 5.75 Å². The zero-order chi connectivity index (χ0) is 22.2. The molecule has 0 saturated carbocycles. The maximum absolute atomic E-state index is 12.6. The Labute approximate surface area is 186 Å². The highest BCUT2D eigenvalue weighted by molar-refractivity contribution is 9.10. The van der Waals surface area contributed by atoms with Gasteiger partial charge in [0.15, 0.2) is 0 Å². The first-order valence-electron chi connectivity index (χ1n) is 9.41. The fourth-order valence-corrected chi connectivity index (χ4v) is 3.34. The fraction of sp³-hybridized carbons (Fsp3) is 0.130. The van der Waals surface area contributed by atoms with Crippen molar-refractivity contribution in [1.29, 1.82) is 0 Å². The van der Waals surface area contributed by atoms with Crippen molar-refractivity contribution in [1.82, 2.24) is 5.32 Å². The molecule has 0 aromatic heterocycles. The molecule has 2 amide bonds. The van der Waals surface area contributed by atoms with Gasteiger partial charge >= 0.3 is 6.61 Å². The number of anilines is 1. The average Bonchev–Trinajstić information content (AvgIpc) is 2.75. The van der Waals surface area contributed by atoms with E-state index in [1.54, 1.807) is 54.6 Å². The van der Waals surface area contributed by atoms with Gasteiger partial charge in [0.05, 0.1) is 16.8 Å². The molecule has 0 radical (unpaired) electrons. The topological polar surface area (TPSA) is 67.4 Å². The third kappa shape index (κ3) is 6.36. The molecule has 3 aromatic carbocycles. The van der Waals surface area contributed by atoms with Gasteiger partial charge in [-0.2, -0.15) is 8.78 Å². The van der Waals surface area contributed by atoms with Gasteiger partial charge in [-0.25, -0.2) is 0 Å². The Morgan fingerprint density at radius 3 is 2.19 bits per heavy atom. The van der Waals surface area contributed by atoms with Crippen LogP contribution in [0.3, 0.4) is 0 Å². The molecule has 0 atom stereocenters. The Morgan fingerprint density at radius 2 is 1.52 bits per heavy atom. The minimum absolute atomic E-state index is 0.0810. The molecular weight excluding hydrogens is 470 g/mol. The van der Waals surface area contributed by atoms with Crippen LogP contribution in [0.1, 0.15) is 26.3 Å². The number of para-hydroxylation sites is 1. The molecule has 0 bridgehead atoms. The number of rotatable bonds is 8. The molecule has 0 unspecified atom stereocenters. The van der Waals surface area contributed by atoms with Crippen molar-refractivity contribution in [3.05, 3.63) is 94.0 Å². The van der Waals surface area contributed by atoms with Crippen molar-refractivity contribution in [2.24, 2.45) is 0 Å². The molecule has 31 heavy (non-hydrogen) atoms. The monoisotopic (exact) mass is 488 g/mol. The zero-order valence-corrected chi connectivity index (χ0v) is 17.9. The van der Waals surface area contributed by atoms with E-state index in [4.69, 9.17) is 0 Å². The van der Waals surface area contributed by atoms with Gasteiger partial charge in [0, 0.05) is 11.0 Å². The third-order valence-electron chi connectivity index (χ3n) is 4.39. The molecule has 0 spiro atoms. The van der Waals surface area contributed by atoms with E-state index < -0.39 is 6.61 Å². The Balaban J connectivity index is 1.60. The van der Waals surface area contributed by atoms with Crippen LogP contribution in [0, 0.1) is 0 Å². The van der Waals surface area contributed by atoms with Gasteiger partial charge in [-0.1, -0.05) is 36.4 Å². The van der Waals surface area contributed by atoms with Gasteiger partial charge in [-0.05, 0) is 64.3 Å². The lowest BCUT2D eigenvalue weighted by molar-refractivity contribution is -0.0498. The van der Waals surface area contributed by atoms with E-state index in [9.17, 15) is 18.4 Å². The van der Waals surface area contributed by atoms with E-state index >= 15 is 0 Å². The molecule has 0 aliphatic carbocycles. The third-order valence-corrected chi connectivity index (χ3v) is 5.08. The molecule has 0 aliphatic rings. The maximum atomic E-state index is 12.6. The number of halogens is 3. The zero-order valence-electron chi connectivity index (χ0n) is 16.3. The lowest BCUT2D eigenvalue weighted by Gasteiger charge is -2.12. The summed E-state index contributed by atoms with van der Waals surface area (Å²) < 4.78 is 29.4. The van der Waals surface area contributed by atoms with Crippen LogP contribution in [0.4, 0.5) is 14.5 Å². The van der Waals surface area contributed by atoms with Gasteiger partial charge in [-0.15, -0.1) is 0 Å². The SMILES string of the molecule is O=C(Nc1ccccc1C(=O)NCCc1ccc(OC(F)F)cc1)c1ccccc1Br. The summed E-state index contributed by atoms with van der Waals surface area (Å²) in [7, 11) is 0. The normalized spacial score (nSPS) is 10.6. The first kappa shape index (κ1) is 22.4. The first-order chi connectivity index (χ1) is 14.9. The van der Waals surface area contributed by atoms with Crippen LogP contribution < -0.4 is 15.4 Å². The summed E-state index contributed by atoms with van der Waals surface area (Å²) in [6.45, 7) is -2.53. The van der Waals surface area contributed by atoms with Crippen LogP contribution in [-0.4, -0.2) is 25.0 Å². The second-order valence-electron chi connectivity index (χ2n) is 6.51. The minimum Gasteiger partial charge on any atom is -0.435 e. The Hall–Kier alpha value is -3.26. The van der Waals surface area contributed by atoms with E-state index in [0.29, 0.717) is 34.3 Å². The molecule has 0 aliphatic heterocycles. The van der Waals surface area contributed by atoms with Gasteiger partial charge < -0.3 is 15.4 Å². The van der Waals surface area contributed by atoms with Crippen LogP contribution in [-0.2, 0) is 6.42 Å². The number of carbonyl (C=O) groups excluding carboxylic acids is 2. The number of carbonyl (C=O) groups is 2. The highest BCUT2D eigenvalue weighted by Gasteiger charge is 2.15. The highest BCUT2D eigenvalue weighted by Crippen LogP contribution is 2.20. The predicted molar refractivity (Wildman–Crippen MR) is 118 cm³/mol. The lowest BCUT2D eigenvalue weighted by atomic mass is 10.1. The molecule has 3 aromatic rings. The van der Waals surface area contributed by atoms with E-state index in [1.165, 1.54) is 12.1 Å². The summed E-state index contributed by atoms with van der Waals surface area (Å²) in [5.41, 5.74) is 2.05. The smallest absolute Gasteiger partial charge is 0.387 e. The quantitative estimate of drug-likeness (QED) is 0.453. The molecule has 0 saturated heterocycles. The van der Waals surface area contributed by atoms with E-state index in [1.807, 2.05) is 6.07 Å². The minimum atomic E-state index is -2.87. The summed E-state index contributed by atoms with van der Waals surface area (Å²) in [6, 6.07) is 20.0. The highest BCUT2D eigenvalue weighted by atomic mass is 79.9.